The van der Waals surface area contributed by atoms with Gasteiger partial charge in [0.15, 0.2) is 0 Å². The molecule has 0 aliphatic carbocycles. The van der Waals surface area contributed by atoms with E-state index in [9.17, 15) is 14.4 Å². The number of carbonyl (C=O) groups is 3. The lowest BCUT2D eigenvalue weighted by molar-refractivity contribution is -0.149. The summed E-state index contributed by atoms with van der Waals surface area (Å²) < 4.78 is 0. The second kappa shape index (κ2) is 12.2. The lowest BCUT2D eigenvalue weighted by Gasteiger charge is -2.55. The van der Waals surface area contributed by atoms with Gasteiger partial charge in [-0.25, -0.2) is 0 Å². The van der Waals surface area contributed by atoms with Gasteiger partial charge in [-0.2, -0.15) is 0 Å². The number of rotatable bonds is 13. The summed E-state index contributed by atoms with van der Waals surface area (Å²) in [5.74, 6) is 0.963. The van der Waals surface area contributed by atoms with Gasteiger partial charge in [0, 0.05) is 37.4 Å². The Balaban J connectivity index is 1.46. The van der Waals surface area contributed by atoms with Crippen molar-refractivity contribution < 1.29 is 14.4 Å². The fraction of sp³-hybridized carbons (Fsp3) is 0.889. The molecule has 0 aromatic heterocycles. The van der Waals surface area contributed by atoms with E-state index in [-0.39, 0.29) is 28.8 Å². The quantitative estimate of drug-likeness (QED) is 0.247. The van der Waals surface area contributed by atoms with E-state index in [1.54, 1.807) is 6.92 Å². The maximum absolute atomic E-state index is 12.2. The van der Waals surface area contributed by atoms with Crippen molar-refractivity contribution in [2.24, 2.45) is 5.92 Å². The molecule has 2 rings (SSSR count). The first-order valence-corrected chi connectivity index (χ1v) is 13.2. The third-order valence-electron chi connectivity index (χ3n) is 7.50. The zero-order valence-electron chi connectivity index (χ0n) is 21.5. The number of piperidine rings is 1. The molecule has 32 heavy (non-hydrogen) atoms. The van der Waals surface area contributed by atoms with Crippen molar-refractivity contribution in [2.45, 2.75) is 142 Å². The molecular weight excluding hydrogens is 400 g/mol. The maximum Gasteiger partial charge on any atom is 0.229 e. The van der Waals surface area contributed by atoms with Crippen molar-refractivity contribution in [2.75, 3.05) is 6.54 Å². The molecule has 0 aromatic carbocycles. The summed E-state index contributed by atoms with van der Waals surface area (Å²) in [5, 5.41) is 0. The Morgan fingerprint density at radius 3 is 1.59 bits per heavy atom. The third-order valence-corrected chi connectivity index (χ3v) is 7.50. The van der Waals surface area contributed by atoms with Gasteiger partial charge in [-0.05, 0) is 52.9 Å². The lowest BCUT2D eigenvalue weighted by Crippen LogP contribution is -2.62. The predicted octanol–water partition coefficient (Wildman–Crippen LogP) is 6.24. The molecule has 0 atom stereocenters. The second-order valence-electron chi connectivity index (χ2n) is 11.5. The molecule has 2 saturated heterocycles. The number of nitrogens with zero attached hydrogens (tertiary/aromatic N) is 2. The second-order valence-corrected chi connectivity index (χ2v) is 11.5. The van der Waals surface area contributed by atoms with E-state index < -0.39 is 0 Å². The molecule has 184 valence electrons. The molecule has 2 fully saturated rings. The molecule has 3 amide bonds. The minimum absolute atomic E-state index is 0.0175. The van der Waals surface area contributed by atoms with Gasteiger partial charge in [0.05, 0.1) is 0 Å². The predicted molar refractivity (Wildman–Crippen MR) is 130 cm³/mol. The van der Waals surface area contributed by atoms with E-state index in [0.29, 0.717) is 19.4 Å². The average molecular weight is 449 g/mol. The molecule has 2 heterocycles. The van der Waals surface area contributed by atoms with Crippen LogP contribution in [0, 0.1) is 5.92 Å². The Morgan fingerprint density at radius 1 is 0.750 bits per heavy atom. The summed E-state index contributed by atoms with van der Waals surface area (Å²) in [5.41, 5.74) is -0.0877. The van der Waals surface area contributed by atoms with Gasteiger partial charge in [0.2, 0.25) is 17.7 Å². The van der Waals surface area contributed by atoms with Gasteiger partial charge in [-0.1, -0.05) is 64.2 Å². The Labute approximate surface area is 196 Å². The smallest absolute Gasteiger partial charge is 0.229 e. The van der Waals surface area contributed by atoms with Crippen molar-refractivity contribution >= 4 is 17.7 Å². The van der Waals surface area contributed by atoms with Gasteiger partial charge in [-0.15, -0.1) is 0 Å². The highest BCUT2D eigenvalue weighted by molar-refractivity contribution is 6.01. The average Bonchev–Trinajstić information content (AvgIpc) is 2.98. The van der Waals surface area contributed by atoms with Gasteiger partial charge >= 0.3 is 0 Å². The monoisotopic (exact) mass is 448 g/mol. The molecule has 0 bridgehead atoms. The van der Waals surface area contributed by atoms with E-state index in [4.69, 9.17) is 0 Å². The highest BCUT2D eigenvalue weighted by Crippen LogP contribution is 2.43. The molecule has 5 nitrogen and oxygen atoms in total. The van der Waals surface area contributed by atoms with Crippen molar-refractivity contribution in [3.63, 3.8) is 0 Å². The Hall–Kier alpha value is -1.39. The molecule has 0 aromatic rings. The van der Waals surface area contributed by atoms with Crippen LogP contribution in [0.5, 0.6) is 0 Å². The van der Waals surface area contributed by atoms with Crippen molar-refractivity contribution in [1.82, 2.24) is 9.80 Å². The summed E-state index contributed by atoms with van der Waals surface area (Å²) in [6, 6.07) is 0. The van der Waals surface area contributed by atoms with Crippen LogP contribution in [0.2, 0.25) is 0 Å². The van der Waals surface area contributed by atoms with E-state index in [0.717, 1.165) is 31.6 Å². The number of hydrogen-bond donors (Lipinski definition) is 0. The molecule has 0 saturated carbocycles. The number of unbranched alkanes of at least 4 members (excludes halogenated alkanes) is 9. The van der Waals surface area contributed by atoms with E-state index in [2.05, 4.69) is 32.6 Å². The molecular formula is C27H48N2O3. The van der Waals surface area contributed by atoms with Crippen LogP contribution in [0.1, 0.15) is 131 Å². The Bertz CT molecular complexity index is 607. The van der Waals surface area contributed by atoms with Crippen LogP contribution < -0.4 is 0 Å². The van der Waals surface area contributed by atoms with Crippen LogP contribution >= 0.6 is 0 Å². The maximum atomic E-state index is 12.2. The number of imide groups is 1. The van der Waals surface area contributed by atoms with Crippen LogP contribution in [0.3, 0.4) is 0 Å². The summed E-state index contributed by atoms with van der Waals surface area (Å²) in [6.07, 6.45) is 16.8. The van der Waals surface area contributed by atoms with Gasteiger partial charge < -0.3 is 4.90 Å². The first-order valence-electron chi connectivity index (χ1n) is 13.2. The fourth-order valence-corrected chi connectivity index (χ4v) is 6.53. The standard InChI is InChI=1S/C27H48N2O3/c1-22(30)29-26(2,3)20-23(21-27(29,4)5)16-14-12-10-8-6-7-9-11-13-15-19-28-24(31)17-18-25(28)32/h23H,6-21H2,1-5H3. The first kappa shape index (κ1) is 26.9. The van der Waals surface area contributed by atoms with Crippen LogP contribution in [-0.4, -0.2) is 45.1 Å². The van der Waals surface area contributed by atoms with Crippen LogP contribution in [-0.2, 0) is 14.4 Å². The zero-order valence-corrected chi connectivity index (χ0v) is 21.5. The lowest BCUT2D eigenvalue weighted by atomic mass is 9.72. The molecule has 0 spiro atoms. The van der Waals surface area contributed by atoms with Gasteiger partial charge in [-0.3, -0.25) is 19.3 Å². The van der Waals surface area contributed by atoms with Crippen LogP contribution in [0.25, 0.3) is 0 Å². The van der Waals surface area contributed by atoms with Gasteiger partial charge in [0.1, 0.15) is 0 Å². The fourth-order valence-electron chi connectivity index (χ4n) is 6.53. The van der Waals surface area contributed by atoms with Crippen LogP contribution in [0.4, 0.5) is 0 Å². The summed E-state index contributed by atoms with van der Waals surface area (Å²) in [4.78, 5) is 38.9. The number of hydrogen-bond acceptors (Lipinski definition) is 3. The van der Waals surface area contributed by atoms with Gasteiger partial charge in [0.25, 0.3) is 0 Å². The molecule has 2 aliphatic rings. The molecule has 5 heteroatoms. The van der Waals surface area contributed by atoms with Crippen molar-refractivity contribution in [1.29, 1.82) is 0 Å². The molecule has 0 N–H and O–H groups in total. The topological polar surface area (TPSA) is 57.7 Å². The van der Waals surface area contributed by atoms with Crippen LogP contribution in [0.15, 0.2) is 0 Å². The normalized spacial score (nSPS) is 20.9. The molecule has 2 aliphatic heterocycles. The summed E-state index contributed by atoms with van der Waals surface area (Å²) in [6.45, 7) is 11.3. The number of amides is 3. The highest BCUT2D eigenvalue weighted by atomic mass is 16.2. The number of likely N-dealkylation sites (tertiary alicyclic amines) is 2. The minimum atomic E-state index is -0.0439. The Kier molecular flexibility index (Phi) is 10.2. The third kappa shape index (κ3) is 7.88. The Morgan fingerprint density at radius 2 is 1.16 bits per heavy atom. The van der Waals surface area contributed by atoms with Crippen molar-refractivity contribution in [3.8, 4) is 0 Å². The summed E-state index contributed by atoms with van der Waals surface area (Å²) in [7, 11) is 0. The SMILES string of the molecule is CC(=O)N1C(C)(C)CC(CCCCCCCCCCCCN2C(=O)CCC2=O)CC1(C)C. The minimum Gasteiger partial charge on any atom is -0.333 e. The highest BCUT2D eigenvalue weighted by Gasteiger charge is 2.46. The van der Waals surface area contributed by atoms with E-state index in [1.165, 1.54) is 62.7 Å². The first-order chi connectivity index (χ1) is 15.0. The number of carbonyl (C=O) groups excluding carboxylic acids is 3. The zero-order chi connectivity index (χ0) is 23.8. The largest absolute Gasteiger partial charge is 0.333 e. The molecule has 0 radical (unpaired) electrons. The summed E-state index contributed by atoms with van der Waals surface area (Å²) >= 11 is 0. The van der Waals surface area contributed by atoms with Crippen molar-refractivity contribution in [3.05, 3.63) is 0 Å². The van der Waals surface area contributed by atoms with E-state index >= 15 is 0 Å². The molecule has 0 unspecified atom stereocenters. The van der Waals surface area contributed by atoms with E-state index in [1.807, 2.05) is 0 Å².